The van der Waals surface area contributed by atoms with E-state index in [4.69, 9.17) is 0 Å². The van der Waals surface area contributed by atoms with Gasteiger partial charge < -0.3 is 15.3 Å². The van der Waals surface area contributed by atoms with Crippen molar-refractivity contribution in [3.05, 3.63) is 29.6 Å². The van der Waals surface area contributed by atoms with Crippen LogP contribution >= 0.6 is 0 Å². The predicted octanol–water partition coefficient (Wildman–Crippen LogP) is 2.85. The molecule has 2 rings (SSSR count). The highest BCUT2D eigenvalue weighted by Crippen LogP contribution is 2.33. The van der Waals surface area contributed by atoms with E-state index in [1.165, 1.54) is 6.07 Å². The molecule has 3 unspecified atom stereocenters. The fourth-order valence-electron chi connectivity index (χ4n) is 3.12. The summed E-state index contributed by atoms with van der Waals surface area (Å²) in [4.78, 5) is 1.93. The average Bonchev–Trinajstić information content (AvgIpc) is 2.46. The molecule has 112 valence electrons. The van der Waals surface area contributed by atoms with Gasteiger partial charge in [0.25, 0.3) is 0 Å². The highest BCUT2D eigenvalue weighted by atomic mass is 19.1. The van der Waals surface area contributed by atoms with Crippen molar-refractivity contribution in [2.45, 2.75) is 50.8 Å². The normalized spacial score (nSPS) is 24.4. The summed E-state index contributed by atoms with van der Waals surface area (Å²) in [6.07, 6.45) is 3.51. The Morgan fingerprint density at radius 1 is 1.35 bits per heavy atom. The van der Waals surface area contributed by atoms with Crippen LogP contribution in [0, 0.1) is 5.82 Å². The first kappa shape index (κ1) is 15.3. The minimum absolute atomic E-state index is 0.00320. The van der Waals surface area contributed by atoms with Crippen LogP contribution in [0.1, 0.15) is 44.2 Å². The summed E-state index contributed by atoms with van der Waals surface area (Å²) < 4.78 is 14.3. The molecule has 0 aromatic heterocycles. The summed E-state index contributed by atoms with van der Waals surface area (Å²) in [6.45, 7) is 2.02. The quantitative estimate of drug-likeness (QED) is 0.890. The van der Waals surface area contributed by atoms with E-state index in [9.17, 15) is 9.50 Å². The van der Waals surface area contributed by atoms with Crippen LogP contribution in [0.5, 0.6) is 0 Å². The molecule has 2 N–H and O–H groups in total. The second kappa shape index (κ2) is 6.55. The molecule has 0 heterocycles. The number of anilines is 1. The Labute approximate surface area is 120 Å². The molecule has 1 saturated carbocycles. The molecular formula is C16H25FN2O. The van der Waals surface area contributed by atoms with Crippen LogP contribution in [0.2, 0.25) is 0 Å². The number of nitrogens with zero attached hydrogens (tertiary/aromatic N) is 1. The second-order valence-electron chi connectivity index (χ2n) is 5.72. The predicted molar refractivity (Wildman–Crippen MR) is 80.5 cm³/mol. The highest BCUT2D eigenvalue weighted by Gasteiger charge is 2.29. The van der Waals surface area contributed by atoms with Gasteiger partial charge in [0, 0.05) is 13.1 Å². The Kier molecular flexibility index (Phi) is 5.00. The number of nitrogens with one attached hydrogen (secondary N) is 1. The number of likely N-dealkylation sites (N-methyl/N-ethyl adjacent to an activating group) is 1. The number of aliphatic hydroxyl groups is 1. The number of benzene rings is 1. The zero-order valence-electron chi connectivity index (χ0n) is 12.6. The van der Waals surface area contributed by atoms with Crippen LogP contribution < -0.4 is 10.2 Å². The average molecular weight is 280 g/mol. The Morgan fingerprint density at radius 2 is 2.05 bits per heavy atom. The molecule has 1 aromatic rings. The van der Waals surface area contributed by atoms with Gasteiger partial charge in [0.2, 0.25) is 0 Å². The zero-order chi connectivity index (χ0) is 14.7. The molecule has 4 heteroatoms. The molecule has 0 aliphatic heterocycles. The lowest BCUT2D eigenvalue weighted by molar-refractivity contribution is 0.106. The van der Waals surface area contributed by atoms with Gasteiger partial charge in [0.1, 0.15) is 5.82 Å². The van der Waals surface area contributed by atoms with Crippen LogP contribution in [0.15, 0.2) is 18.2 Å². The van der Waals surface area contributed by atoms with E-state index in [-0.39, 0.29) is 24.0 Å². The summed E-state index contributed by atoms with van der Waals surface area (Å²) in [5, 5.41) is 13.4. The third-order valence-electron chi connectivity index (χ3n) is 4.46. The Hall–Kier alpha value is -1.13. The molecule has 1 aliphatic carbocycles. The van der Waals surface area contributed by atoms with E-state index in [2.05, 4.69) is 5.32 Å². The smallest absolute Gasteiger partial charge is 0.146 e. The molecule has 0 radical (unpaired) electrons. The lowest BCUT2D eigenvalue weighted by atomic mass is 9.90. The first-order valence-electron chi connectivity index (χ1n) is 7.42. The topological polar surface area (TPSA) is 35.5 Å². The van der Waals surface area contributed by atoms with Gasteiger partial charge in [-0.3, -0.25) is 0 Å². The number of para-hydroxylation sites is 1. The Morgan fingerprint density at radius 3 is 2.70 bits per heavy atom. The highest BCUT2D eigenvalue weighted by molar-refractivity contribution is 5.56. The molecule has 20 heavy (non-hydrogen) atoms. The van der Waals surface area contributed by atoms with Crippen molar-refractivity contribution < 1.29 is 9.50 Å². The number of rotatable bonds is 4. The van der Waals surface area contributed by atoms with E-state index in [0.717, 1.165) is 31.2 Å². The lowest BCUT2D eigenvalue weighted by Crippen LogP contribution is -2.44. The van der Waals surface area contributed by atoms with Crippen molar-refractivity contribution >= 4 is 5.69 Å². The van der Waals surface area contributed by atoms with E-state index in [0.29, 0.717) is 5.69 Å². The molecule has 0 amide bonds. The molecule has 1 fully saturated rings. The standard InChI is InChI=1S/C16H25FN2O/c1-11(18-2)12-7-6-8-13(17)16(12)19(3)14-9-4-5-10-15(14)20/h6-8,11,14-15,18,20H,4-5,9-10H2,1-3H3. The number of hydrogen-bond donors (Lipinski definition) is 2. The lowest BCUT2D eigenvalue weighted by Gasteiger charge is -2.38. The van der Waals surface area contributed by atoms with Crippen LogP contribution in [0.25, 0.3) is 0 Å². The summed E-state index contributed by atoms with van der Waals surface area (Å²) in [5.74, 6) is -0.218. The summed E-state index contributed by atoms with van der Waals surface area (Å²) in [5.41, 5.74) is 1.55. The Bertz CT molecular complexity index is 452. The van der Waals surface area contributed by atoms with Crippen LogP contribution in [-0.4, -0.2) is 31.3 Å². The summed E-state index contributed by atoms with van der Waals surface area (Å²) in [6, 6.07) is 5.26. The van der Waals surface area contributed by atoms with Crippen LogP contribution in [-0.2, 0) is 0 Å². The van der Waals surface area contributed by atoms with Gasteiger partial charge in [0.15, 0.2) is 0 Å². The largest absolute Gasteiger partial charge is 0.391 e. The molecule has 1 aliphatic rings. The zero-order valence-corrected chi connectivity index (χ0v) is 12.6. The maximum Gasteiger partial charge on any atom is 0.146 e. The van der Waals surface area contributed by atoms with Gasteiger partial charge in [0.05, 0.1) is 17.8 Å². The monoisotopic (exact) mass is 280 g/mol. The van der Waals surface area contributed by atoms with E-state index in [1.54, 1.807) is 6.07 Å². The van der Waals surface area contributed by atoms with Crippen molar-refractivity contribution in [3.63, 3.8) is 0 Å². The van der Waals surface area contributed by atoms with E-state index >= 15 is 0 Å². The maximum absolute atomic E-state index is 14.3. The van der Waals surface area contributed by atoms with Crippen LogP contribution in [0.4, 0.5) is 10.1 Å². The fraction of sp³-hybridized carbons (Fsp3) is 0.625. The van der Waals surface area contributed by atoms with Gasteiger partial charge >= 0.3 is 0 Å². The molecule has 0 bridgehead atoms. The molecule has 3 nitrogen and oxygen atoms in total. The van der Waals surface area contributed by atoms with Gasteiger partial charge in [-0.1, -0.05) is 25.0 Å². The third kappa shape index (κ3) is 2.96. The molecule has 0 spiro atoms. The first-order valence-corrected chi connectivity index (χ1v) is 7.42. The SMILES string of the molecule is CNC(C)c1cccc(F)c1N(C)C1CCCCC1O. The van der Waals surface area contributed by atoms with Crippen molar-refractivity contribution in [2.75, 3.05) is 19.0 Å². The fourth-order valence-corrected chi connectivity index (χ4v) is 3.12. The molecular weight excluding hydrogens is 255 g/mol. The summed E-state index contributed by atoms with van der Waals surface area (Å²) in [7, 11) is 3.76. The van der Waals surface area contributed by atoms with Crippen molar-refractivity contribution in [3.8, 4) is 0 Å². The number of aliphatic hydroxyl groups excluding tert-OH is 1. The molecule has 3 atom stereocenters. The van der Waals surface area contributed by atoms with Gasteiger partial charge in [-0.2, -0.15) is 0 Å². The third-order valence-corrected chi connectivity index (χ3v) is 4.46. The minimum atomic E-state index is -0.369. The van der Waals surface area contributed by atoms with E-state index < -0.39 is 0 Å². The molecule has 1 aromatic carbocycles. The number of halogens is 1. The van der Waals surface area contributed by atoms with Crippen LogP contribution in [0.3, 0.4) is 0 Å². The molecule has 0 saturated heterocycles. The van der Waals surface area contributed by atoms with Crippen molar-refractivity contribution in [1.82, 2.24) is 5.32 Å². The Balaban J connectivity index is 2.35. The second-order valence-corrected chi connectivity index (χ2v) is 5.72. The van der Waals surface area contributed by atoms with Gasteiger partial charge in [-0.25, -0.2) is 4.39 Å². The maximum atomic E-state index is 14.3. The van der Waals surface area contributed by atoms with Crippen molar-refractivity contribution in [1.29, 1.82) is 0 Å². The summed E-state index contributed by atoms with van der Waals surface area (Å²) >= 11 is 0. The minimum Gasteiger partial charge on any atom is -0.391 e. The van der Waals surface area contributed by atoms with Gasteiger partial charge in [-0.05, 0) is 38.4 Å². The van der Waals surface area contributed by atoms with Gasteiger partial charge in [-0.15, -0.1) is 0 Å². The van der Waals surface area contributed by atoms with Crippen molar-refractivity contribution in [2.24, 2.45) is 0 Å². The first-order chi connectivity index (χ1) is 9.56. The van der Waals surface area contributed by atoms with E-state index in [1.807, 2.05) is 32.0 Å². The number of hydrogen-bond acceptors (Lipinski definition) is 3.